The first-order valence-corrected chi connectivity index (χ1v) is 23.9. The van der Waals surface area contributed by atoms with Gasteiger partial charge in [0.25, 0.3) is 0 Å². The number of aliphatic hydroxyl groups excluding tert-OH is 3. The summed E-state index contributed by atoms with van der Waals surface area (Å²) in [5, 5.41) is 37.0. The molecule has 0 spiro atoms. The molecule has 0 radical (unpaired) electrons. The van der Waals surface area contributed by atoms with Crippen molar-refractivity contribution in [2.45, 2.75) is 76.2 Å². The summed E-state index contributed by atoms with van der Waals surface area (Å²) in [5.74, 6) is -1.09. The Hall–Kier alpha value is -5.69. The summed E-state index contributed by atoms with van der Waals surface area (Å²) >= 11 is 0. The highest BCUT2D eigenvalue weighted by Gasteiger charge is 2.65. The SMILES string of the molecule is C=CCOC12Oc3ccc(OC(=O)Nc4ccc(OC)cc4OC)cc3C3C(CCCCO)C(CCCCO)C=C(C(=NOCC)CC1N(CCOCCO)C(=O)OCCOCc1ccccc1)C32. The van der Waals surface area contributed by atoms with E-state index in [1.807, 2.05) is 43.3 Å². The first-order valence-electron chi connectivity index (χ1n) is 23.9. The van der Waals surface area contributed by atoms with E-state index in [4.69, 9.17) is 47.9 Å². The number of methoxy groups -OCH3 is 2. The zero-order valence-corrected chi connectivity index (χ0v) is 40.1. The van der Waals surface area contributed by atoms with Crippen LogP contribution in [-0.2, 0) is 30.4 Å². The van der Waals surface area contributed by atoms with Crippen molar-refractivity contribution in [2.75, 3.05) is 85.5 Å². The molecule has 4 N–H and O–H groups in total. The number of nitrogens with one attached hydrogen (secondary N) is 1. The fourth-order valence-electron chi connectivity index (χ4n) is 9.74. The van der Waals surface area contributed by atoms with Crippen LogP contribution in [0.1, 0.15) is 68.9 Å². The molecule has 3 aromatic rings. The van der Waals surface area contributed by atoms with E-state index in [0.717, 1.165) is 29.5 Å². The average molecular weight is 960 g/mol. The number of amides is 2. The van der Waals surface area contributed by atoms with Crippen LogP contribution in [-0.4, -0.2) is 130 Å². The Morgan fingerprint density at radius 1 is 0.899 bits per heavy atom. The van der Waals surface area contributed by atoms with Crippen molar-refractivity contribution in [2.24, 2.45) is 22.9 Å². The molecule has 2 amide bonds. The summed E-state index contributed by atoms with van der Waals surface area (Å²) in [6.45, 7) is 6.63. The van der Waals surface area contributed by atoms with Crippen LogP contribution < -0.4 is 24.3 Å². The van der Waals surface area contributed by atoms with Crippen LogP contribution in [0, 0.1) is 17.8 Å². The number of aliphatic hydroxyl groups is 3. The number of anilines is 1. The first-order chi connectivity index (χ1) is 33.7. The summed E-state index contributed by atoms with van der Waals surface area (Å²) in [6.07, 6.45) is 6.69. The molecule has 376 valence electrons. The molecule has 17 nitrogen and oxygen atoms in total. The Labute approximate surface area is 404 Å². The quantitative estimate of drug-likeness (QED) is 0.0314. The average Bonchev–Trinajstić information content (AvgIpc) is 3.36. The van der Waals surface area contributed by atoms with Crippen molar-refractivity contribution in [1.82, 2.24) is 4.90 Å². The van der Waals surface area contributed by atoms with Crippen LogP contribution in [0.15, 0.2) is 96.2 Å². The van der Waals surface area contributed by atoms with E-state index in [2.05, 4.69) is 18.0 Å². The monoisotopic (exact) mass is 959 g/mol. The molecule has 0 saturated heterocycles. The van der Waals surface area contributed by atoms with E-state index in [9.17, 15) is 24.9 Å². The number of carbonyl (C=O) groups is 2. The van der Waals surface area contributed by atoms with Crippen LogP contribution in [0.3, 0.4) is 0 Å². The molecule has 6 atom stereocenters. The number of hydrogen-bond acceptors (Lipinski definition) is 15. The number of fused-ring (bicyclic) bond motifs is 2. The highest BCUT2D eigenvalue weighted by atomic mass is 16.7. The maximum atomic E-state index is 14.6. The van der Waals surface area contributed by atoms with Gasteiger partial charge in [-0.25, -0.2) is 9.59 Å². The van der Waals surface area contributed by atoms with E-state index in [1.54, 1.807) is 41.3 Å². The molecule has 3 aromatic carbocycles. The summed E-state index contributed by atoms with van der Waals surface area (Å²) in [6, 6.07) is 19.0. The molecular formula is C52H69N3O14. The molecule has 6 rings (SSSR count). The Balaban J connectivity index is 1.46. The number of hydrogen-bond donors (Lipinski definition) is 4. The maximum absolute atomic E-state index is 14.6. The minimum atomic E-state index is -1.58. The number of benzene rings is 3. The number of rotatable bonds is 28. The van der Waals surface area contributed by atoms with Crippen LogP contribution in [0.4, 0.5) is 15.3 Å². The summed E-state index contributed by atoms with van der Waals surface area (Å²) < 4.78 is 48.7. The first kappa shape index (κ1) is 52.7. The smallest absolute Gasteiger partial charge is 0.417 e. The number of ether oxygens (including phenoxy) is 8. The second-order valence-electron chi connectivity index (χ2n) is 17.0. The van der Waals surface area contributed by atoms with Crippen LogP contribution in [0.2, 0.25) is 0 Å². The minimum absolute atomic E-state index is 0.0230. The van der Waals surface area contributed by atoms with Crippen LogP contribution >= 0.6 is 0 Å². The van der Waals surface area contributed by atoms with Crippen molar-refractivity contribution >= 4 is 23.6 Å². The van der Waals surface area contributed by atoms with E-state index in [-0.39, 0.29) is 90.0 Å². The second kappa shape index (κ2) is 26.9. The normalized spacial score (nSPS) is 21.7. The molecule has 69 heavy (non-hydrogen) atoms. The lowest BCUT2D eigenvalue weighted by Crippen LogP contribution is -2.70. The van der Waals surface area contributed by atoms with E-state index < -0.39 is 35.9 Å². The molecule has 1 aliphatic heterocycles. The number of oxime groups is 1. The molecule has 1 fully saturated rings. The lowest BCUT2D eigenvalue weighted by molar-refractivity contribution is -0.256. The van der Waals surface area contributed by atoms with Gasteiger partial charge in [0.1, 0.15) is 42.3 Å². The van der Waals surface area contributed by atoms with Crippen molar-refractivity contribution in [3.8, 4) is 23.0 Å². The fraction of sp³-hybridized carbons (Fsp3) is 0.519. The third-order valence-corrected chi connectivity index (χ3v) is 12.7. The predicted octanol–water partition coefficient (Wildman–Crippen LogP) is 7.63. The fourth-order valence-corrected chi connectivity index (χ4v) is 9.74. The van der Waals surface area contributed by atoms with Gasteiger partial charge in [0.2, 0.25) is 5.79 Å². The molecule has 0 bridgehead atoms. The lowest BCUT2D eigenvalue weighted by Gasteiger charge is -2.59. The second-order valence-corrected chi connectivity index (χ2v) is 17.0. The Morgan fingerprint density at radius 3 is 2.41 bits per heavy atom. The molecule has 1 saturated carbocycles. The molecule has 3 aliphatic rings. The molecule has 2 aliphatic carbocycles. The van der Waals surface area contributed by atoms with Gasteiger partial charge < -0.3 is 58.1 Å². The zero-order valence-electron chi connectivity index (χ0n) is 40.1. The van der Waals surface area contributed by atoms with Gasteiger partial charge in [-0.05, 0) is 85.9 Å². The third-order valence-electron chi connectivity index (χ3n) is 12.7. The topological polar surface area (TPSA) is 206 Å². The van der Waals surface area contributed by atoms with Gasteiger partial charge in [0, 0.05) is 43.7 Å². The van der Waals surface area contributed by atoms with Crippen LogP contribution in [0.25, 0.3) is 0 Å². The summed E-state index contributed by atoms with van der Waals surface area (Å²) in [5.41, 5.74) is 3.55. The zero-order chi connectivity index (χ0) is 49.0. The predicted molar refractivity (Wildman–Crippen MR) is 258 cm³/mol. The highest BCUT2D eigenvalue weighted by molar-refractivity contribution is 6.03. The van der Waals surface area contributed by atoms with E-state index in [1.165, 1.54) is 14.2 Å². The van der Waals surface area contributed by atoms with Crippen molar-refractivity contribution in [3.05, 3.63) is 102 Å². The van der Waals surface area contributed by atoms with E-state index >= 15 is 0 Å². The van der Waals surface area contributed by atoms with Gasteiger partial charge in [0.15, 0.2) is 0 Å². The summed E-state index contributed by atoms with van der Waals surface area (Å²) in [7, 11) is 3.03. The van der Waals surface area contributed by atoms with Crippen LogP contribution in [0.5, 0.6) is 23.0 Å². The third kappa shape index (κ3) is 13.3. The molecule has 0 aromatic heterocycles. The number of nitrogens with zero attached hydrogens (tertiary/aromatic N) is 2. The molecule has 17 heteroatoms. The minimum Gasteiger partial charge on any atom is -0.497 e. The Kier molecular flexibility index (Phi) is 20.5. The standard InChI is InChI=1S/C52H69N3O14/c1-5-26-66-52-47(55(22-27-63-28-25-58)51(60)65-30-29-64-35-36-14-8-7-9-15-36)34-44(54-67-6-2)41-31-37(16-10-12-23-56)40(17-11-13-24-57)48(49(41)52)42-32-39(19-21-45(42)69-52)68-50(59)53-43-20-18-38(61-3)33-46(43)62-4/h5,7-9,14-15,18-21,31-33,37,40,47-49,56-58H,1,6,10-13,16-17,22-30,34-35H2,2-4H3,(H,53,59). The Morgan fingerprint density at radius 2 is 1.68 bits per heavy atom. The lowest BCUT2D eigenvalue weighted by atomic mass is 9.55. The number of allylic oxidation sites excluding steroid dienone is 1. The van der Waals surface area contributed by atoms with Gasteiger partial charge in [0.05, 0.1) is 71.2 Å². The molecule has 1 heterocycles. The number of unbranched alkanes of at least 4 members (excludes halogenated alkanes) is 2. The summed E-state index contributed by atoms with van der Waals surface area (Å²) in [4.78, 5) is 35.7. The van der Waals surface area contributed by atoms with Gasteiger partial charge in [-0.1, -0.05) is 60.5 Å². The van der Waals surface area contributed by atoms with Gasteiger partial charge in [-0.2, -0.15) is 0 Å². The van der Waals surface area contributed by atoms with E-state index in [0.29, 0.717) is 60.9 Å². The molecular weight excluding hydrogens is 891 g/mol. The largest absolute Gasteiger partial charge is 0.497 e. The van der Waals surface area contributed by atoms with Crippen molar-refractivity contribution < 1.29 is 67.6 Å². The maximum Gasteiger partial charge on any atom is 0.417 e. The van der Waals surface area contributed by atoms with Gasteiger partial charge >= 0.3 is 12.2 Å². The van der Waals surface area contributed by atoms with Crippen molar-refractivity contribution in [3.63, 3.8) is 0 Å². The van der Waals surface area contributed by atoms with Gasteiger partial charge in [-0.3, -0.25) is 10.2 Å². The van der Waals surface area contributed by atoms with Gasteiger partial charge in [-0.15, -0.1) is 6.58 Å². The Bertz CT molecular complexity index is 2170. The molecule has 6 unspecified atom stereocenters. The highest BCUT2D eigenvalue weighted by Crippen LogP contribution is 2.62. The number of carbonyl (C=O) groups excluding carboxylic acids is 2. The van der Waals surface area contributed by atoms with Crippen molar-refractivity contribution in [1.29, 1.82) is 0 Å².